The van der Waals surface area contributed by atoms with Crippen LogP contribution in [-0.4, -0.2) is 22.0 Å². The minimum absolute atomic E-state index is 0.245. The van der Waals surface area contributed by atoms with Gasteiger partial charge in [-0.3, -0.25) is 0 Å². The first kappa shape index (κ1) is 16.1. The number of anilines is 2. The van der Waals surface area contributed by atoms with E-state index in [4.69, 9.17) is 9.47 Å². The number of hydrogen-bond acceptors (Lipinski definition) is 7. The predicted octanol–water partition coefficient (Wildman–Crippen LogP) is 2.96. The van der Waals surface area contributed by atoms with Gasteiger partial charge < -0.3 is 20.1 Å². The molecule has 0 saturated heterocycles. The number of halogens is 1. The van der Waals surface area contributed by atoms with E-state index in [2.05, 4.69) is 25.8 Å². The van der Waals surface area contributed by atoms with Gasteiger partial charge in [0.2, 0.25) is 12.7 Å². The van der Waals surface area contributed by atoms with Crippen LogP contribution >= 0.6 is 0 Å². The summed E-state index contributed by atoms with van der Waals surface area (Å²) < 4.78 is 24.3. The second-order valence-electron chi connectivity index (χ2n) is 5.65. The van der Waals surface area contributed by atoms with Gasteiger partial charge in [0, 0.05) is 18.7 Å². The number of nitrogens with zero attached hydrogens (tertiary/aromatic N) is 3. The minimum atomic E-state index is -0.261. The first-order chi connectivity index (χ1) is 12.8. The third-order valence-electron chi connectivity index (χ3n) is 3.86. The van der Waals surface area contributed by atoms with E-state index in [-0.39, 0.29) is 12.6 Å². The van der Waals surface area contributed by atoms with Crippen LogP contribution in [0.25, 0.3) is 0 Å². The average Bonchev–Trinajstić information content (AvgIpc) is 3.14. The number of rotatable bonds is 6. The Balaban J connectivity index is 1.37. The lowest BCUT2D eigenvalue weighted by Crippen LogP contribution is -2.08. The van der Waals surface area contributed by atoms with Crippen LogP contribution in [0.4, 0.5) is 16.2 Å². The van der Waals surface area contributed by atoms with E-state index >= 15 is 0 Å². The molecule has 4 rings (SSSR count). The van der Waals surface area contributed by atoms with Crippen LogP contribution in [0, 0.1) is 5.82 Å². The molecule has 2 N–H and O–H groups in total. The highest BCUT2D eigenvalue weighted by Crippen LogP contribution is 2.32. The van der Waals surface area contributed by atoms with Crippen molar-refractivity contribution in [3.8, 4) is 11.5 Å². The molecule has 0 radical (unpaired) electrons. The van der Waals surface area contributed by atoms with Crippen LogP contribution in [0.2, 0.25) is 0 Å². The second-order valence-corrected chi connectivity index (χ2v) is 5.65. The SMILES string of the molecule is Fc1ccccc1CNc1cnnc(NCc2ccc3c(c2)OCO3)n1. The van der Waals surface area contributed by atoms with Gasteiger partial charge in [0.05, 0.1) is 6.20 Å². The van der Waals surface area contributed by atoms with Crippen molar-refractivity contribution < 1.29 is 13.9 Å². The maximum Gasteiger partial charge on any atom is 0.244 e. The first-order valence-corrected chi connectivity index (χ1v) is 8.07. The summed E-state index contributed by atoms with van der Waals surface area (Å²) in [5.74, 6) is 2.09. The lowest BCUT2D eigenvalue weighted by atomic mass is 10.2. The molecule has 0 unspecified atom stereocenters. The van der Waals surface area contributed by atoms with Crippen molar-refractivity contribution in [1.29, 1.82) is 0 Å². The van der Waals surface area contributed by atoms with Gasteiger partial charge in [-0.1, -0.05) is 24.3 Å². The second kappa shape index (κ2) is 7.22. The Hall–Kier alpha value is -3.42. The highest BCUT2D eigenvalue weighted by Gasteiger charge is 2.13. The molecule has 0 aliphatic carbocycles. The van der Waals surface area contributed by atoms with Gasteiger partial charge in [0.1, 0.15) is 5.82 Å². The molecule has 2 aromatic carbocycles. The molecule has 0 saturated carbocycles. The molecule has 1 aliphatic rings. The van der Waals surface area contributed by atoms with Crippen LogP contribution in [0.15, 0.2) is 48.7 Å². The number of hydrogen-bond donors (Lipinski definition) is 2. The fraction of sp³-hybridized carbons (Fsp3) is 0.167. The first-order valence-electron chi connectivity index (χ1n) is 8.07. The highest BCUT2D eigenvalue weighted by atomic mass is 19.1. The standard InChI is InChI=1S/C18H16FN5O2/c19-14-4-2-1-3-13(14)9-20-17-10-22-24-18(23-17)21-8-12-5-6-15-16(7-12)26-11-25-15/h1-7,10H,8-9,11H2,(H2,20,21,23,24). The Morgan fingerprint density at radius 3 is 2.81 bits per heavy atom. The molecule has 1 aromatic heterocycles. The zero-order valence-corrected chi connectivity index (χ0v) is 13.8. The lowest BCUT2D eigenvalue weighted by Gasteiger charge is -2.08. The zero-order chi connectivity index (χ0) is 17.8. The molecule has 7 nitrogen and oxygen atoms in total. The molecule has 0 amide bonds. The summed E-state index contributed by atoms with van der Waals surface area (Å²) in [5.41, 5.74) is 1.56. The van der Waals surface area contributed by atoms with E-state index in [1.807, 2.05) is 18.2 Å². The van der Waals surface area contributed by atoms with Crippen molar-refractivity contribution >= 4 is 11.8 Å². The van der Waals surface area contributed by atoms with E-state index in [1.54, 1.807) is 18.2 Å². The molecule has 0 bridgehead atoms. The largest absolute Gasteiger partial charge is 0.454 e. The van der Waals surface area contributed by atoms with Crippen LogP contribution in [0.5, 0.6) is 11.5 Å². The number of ether oxygens (including phenoxy) is 2. The molecule has 132 valence electrons. The number of benzene rings is 2. The van der Waals surface area contributed by atoms with E-state index in [9.17, 15) is 4.39 Å². The summed E-state index contributed by atoms with van der Waals surface area (Å²) in [5, 5.41) is 14.0. The molecule has 26 heavy (non-hydrogen) atoms. The smallest absolute Gasteiger partial charge is 0.244 e. The summed E-state index contributed by atoms with van der Waals surface area (Å²) in [7, 11) is 0. The Bertz CT molecular complexity index is 922. The molecule has 8 heteroatoms. The molecule has 2 heterocycles. The van der Waals surface area contributed by atoms with Crippen molar-refractivity contribution in [3.63, 3.8) is 0 Å². The van der Waals surface area contributed by atoms with Crippen molar-refractivity contribution in [3.05, 3.63) is 65.6 Å². The average molecular weight is 353 g/mol. The maximum absolute atomic E-state index is 13.7. The van der Waals surface area contributed by atoms with Crippen LogP contribution in [0.1, 0.15) is 11.1 Å². The number of aromatic nitrogens is 3. The topological polar surface area (TPSA) is 81.2 Å². The zero-order valence-electron chi connectivity index (χ0n) is 13.8. The summed E-state index contributed by atoms with van der Waals surface area (Å²) in [6.45, 7) is 1.07. The summed E-state index contributed by atoms with van der Waals surface area (Å²) in [6.07, 6.45) is 1.49. The van der Waals surface area contributed by atoms with Crippen molar-refractivity contribution in [1.82, 2.24) is 15.2 Å². The molecule has 0 spiro atoms. The minimum Gasteiger partial charge on any atom is -0.454 e. The Morgan fingerprint density at radius 2 is 1.88 bits per heavy atom. The van der Waals surface area contributed by atoms with Crippen molar-refractivity contribution in [2.75, 3.05) is 17.4 Å². The third-order valence-corrected chi connectivity index (χ3v) is 3.86. The normalized spacial score (nSPS) is 12.0. The highest BCUT2D eigenvalue weighted by molar-refractivity contribution is 5.45. The van der Waals surface area contributed by atoms with E-state index in [0.29, 0.717) is 30.4 Å². The molecule has 0 fully saturated rings. The number of nitrogens with one attached hydrogen (secondary N) is 2. The molecule has 0 atom stereocenters. The van der Waals surface area contributed by atoms with E-state index in [1.165, 1.54) is 12.3 Å². The van der Waals surface area contributed by atoms with Gasteiger partial charge in [-0.2, -0.15) is 10.1 Å². The van der Waals surface area contributed by atoms with E-state index in [0.717, 1.165) is 17.1 Å². The molecular formula is C18H16FN5O2. The van der Waals surface area contributed by atoms with Crippen molar-refractivity contribution in [2.45, 2.75) is 13.1 Å². The summed E-state index contributed by atoms with van der Waals surface area (Å²) >= 11 is 0. The van der Waals surface area contributed by atoms with Gasteiger partial charge in [-0.05, 0) is 23.8 Å². The Morgan fingerprint density at radius 1 is 1.00 bits per heavy atom. The fourth-order valence-corrected chi connectivity index (χ4v) is 2.52. The predicted molar refractivity (Wildman–Crippen MR) is 93.4 cm³/mol. The van der Waals surface area contributed by atoms with Crippen LogP contribution < -0.4 is 20.1 Å². The summed E-state index contributed by atoms with van der Waals surface area (Å²) in [6, 6.07) is 12.3. The summed E-state index contributed by atoms with van der Waals surface area (Å²) in [4.78, 5) is 4.33. The van der Waals surface area contributed by atoms with Gasteiger partial charge >= 0.3 is 0 Å². The third kappa shape index (κ3) is 3.64. The molecule has 3 aromatic rings. The van der Waals surface area contributed by atoms with Gasteiger partial charge in [-0.15, -0.1) is 5.10 Å². The monoisotopic (exact) mass is 353 g/mol. The van der Waals surface area contributed by atoms with Crippen molar-refractivity contribution in [2.24, 2.45) is 0 Å². The number of fused-ring (bicyclic) bond motifs is 1. The fourth-order valence-electron chi connectivity index (χ4n) is 2.52. The van der Waals surface area contributed by atoms with Crippen LogP contribution in [-0.2, 0) is 13.1 Å². The lowest BCUT2D eigenvalue weighted by molar-refractivity contribution is 0.174. The molecule has 1 aliphatic heterocycles. The Kier molecular flexibility index (Phi) is 4.46. The van der Waals surface area contributed by atoms with E-state index < -0.39 is 0 Å². The maximum atomic E-state index is 13.7. The quantitative estimate of drug-likeness (QED) is 0.705. The molecular weight excluding hydrogens is 337 g/mol. The van der Waals surface area contributed by atoms with Gasteiger partial charge in [0.25, 0.3) is 0 Å². The van der Waals surface area contributed by atoms with Crippen LogP contribution in [0.3, 0.4) is 0 Å². The Labute approximate surface area is 149 Å². The van der Waals surface area contributed by atoms with Gasteiger partial charge in [0.15, 0.2) is 17.3 Å². The van der Waals surface area contributed by atoms with Gasteiger partial charge in [-0.25, -0.2) is 4.39 Å².